The van der Waals surface area contributed by atoms with Crippen LogP contribution < -0.4 is 24.4 Å². The van der Waals surface area contributed by atoms with Gasteiger partial charge in [-0.15, -0.1) is 0 Å². The zero-order chi connectivity index (χ0) is 23.5. The summed E-state index contributed by atoms with van der Waals surface area (Å²) in [6.45, 7) is 3.75. The molecular formula is C25H24N2O5S. The van der Waals surface area contributed by atoms with Crippen LogP contribution in [0.25, 0.3) is 6.08 Å². The van der Waals surface area contributed by atoms with Gasteiger partial charge in [0.2, 0.25) is 0 Å². The zero-order valence-electron chi connectivity index (χ0n) is 18.8. The first-order valence-electron chi connectivity index (χ1n) is 10.4. The van der Waals surface area contributed by atoms with Crippen LogP contribution in [0, 0.1) is 0 Å². The molecule has 0 saturated carbocycles. The Hall–Kier alpha value is -3.65. The monoisotopic (exact) mass is 464 g/mol. The lowest BCUT2D eigenvalue weighted by Crippen LogP contribution is -2.39. The topological polar surface area (TPSA) is 79.1 Å². The highest BCUT2D eigenvalue weighted by Gasteiger charge is 2.33. The molecule has 3 aromatic rings. The van der Waals surface area contributed by atoms with Crippen molar-refractivity contribution in [2.24, 2.45) is 4.99 Å². The Morgan fingerprint density at radius 1 is 1.06 bits per heavy atom. The molecule has 1 aliphatic heterocycles. The second-order valence-corrected chi connectivity index (χ2v) is 8.36. The molecule has 0 radical (unpaired) electrons. The number of methoxy groups -OCH3 is 2. The van der Waals surface area contributed by atoms with E-state index in [-0.39, 0.29) is 12.2 Å². The Morgan fingerprint density at radius 2 is 1.67 bits per heavy atom. The number of rotatable bonds is 6. The van der Waals surface area contributed by atoms with E-state index in [1.807, 2.05) is 42.5 Å². The van der Waals surface area contributed by atoms with Crippen molar-refractivity contribution in [1.29, 1.82) is 0 Å². The molecule has 170 valence electrons. The van der Waals surface area contributed by atoms with Gasteiger partial charge in [0.25, 0.3) is 5.56 Å². The van der Waals surface area contributed by atoms with E-state index in [2.05, 4.69) is 4.99 Å². The highest BCUT2D eigenvalue weighted by molar-refractivity contribution is 7.07. The van der Waals surface area contributed by atoms with Gasteiger partial charge < -0.3 is 14.2 Å². The molecule has 4 rings (SSSR count). The molecule has 0 aliphatic carbocycles. The summed E-state index contributed by atoms with van der Waals surface area (Å²) >= 11 is 1.29. The van der Waals surface area contributed by atoms with Gasteiger partial charge in [0.15, 0.2) is 4.80 Å². The highest BCUT2D eigenvalue weighted by atomic mass is 32.1. The molecule has 8 heteroatoms. The first kappa shape index (κ1) is 22.5. The van der Waals surface area contributed by atoms with Gasteiger partial charge in [0.1, 0.15) is 11.5 Å². The first-order valence-corrected chi connectivity index (χ1v) is 11.3. The summed E-state index contributed by atoms with van der Waals surface area (Å²) in [5.41, 5.74) is 2.30. The smallest absolute Gasteiger partial charge is 0.338 e. The summed E-state index contributed by atoms with van der Waals surface area (Å²) in [4.78, 5) is 31.6. The SMILES string of the molecule is CCOC(=O)C1=C(C)N=c2s/c(=C\c3ccc(OC)cc3)c(=O)n2[C@H]1c1ccc(OC)cc1. The average molecular weight is 465 g/mol. The van der Waals surface area contributed by atoms with Crippen molar-refractivity contribution in [2.75, 3.05) is 20.8 Å². The lowest BCUT2D eigenvalue weighted by atomic mass is 9.96. The number of hydrogen-bond acceptors (Lipinski definition) is 7. The molecule has 0 unspecified atom stereocenters. The van der Waals surface area contributed by atoms with E-state index in [0.29, 0.717) is 26.4 Å². The molecule has 33 heavy (non-hydrogen) atoms. The maximum atomic E-state index is 13.5. The van der Waals surface area contributed by atoms with Gasteiger partial charge in [-0.05, 0) is 55.3 Å². The van der Waals surface area contributed by atoms with Crippen molar-refractivity contribution in [2.45, 2.75) is 19.9 Å². The summed E-state index contributed by atoms with van der Waals surface area (Å²) in [6.07, 6.45) is 1.82. The Bertz CT molecular complexity index is 1380. The van der Waals surface area contributed by atoms with Crippen LogP contribution in [-0.2, 0) is 9.53 Å². The molecular weight excluding hydrogens is 440 g/mol. The second kappa shape index (κ2) is 9.46. The molecule has 2 heterocycles. The predicted octanol–water partition coefficient (Wildman–Crippen LogP) is 2.82. The highest BCUT2D eigenvalue weighted by Crippen LogP contribution is 2.31. The van der Waals surface area contributed by atoms with Gasteiger partial charge in [0, 0.05) is 0 Å². The van der Waals surface area contributed by atoms with Gasteiger partial charge in [-0.1, -0.05) is 35.6 Å². The molecule has 1 atom stereocenters. The normalized spacial score (nSPS) is 15.6. The van der Waals surface area contributed by atoms with Crippen molar-refractivity contribution in [3.63, 3.8) is 0 Å². The first-order chi connectivity index (χ1) is 16.0. The number of carbonyl (C=O) groups excluding carboxylic acids is 1. The maximum absolute atomic E-state index is 13.5. The molecule has 0 N–H and O–H groups in total. The van der Waals surface area contributed by atoms with Crippen LogP contribution in [-0.4, -0.2) is 31.4 Å². The van der Waals surface area contributed by atoms with Crippen molar-refractivity contribution < 1.29 is 19.0 Å². The molecule has 7 nitrogen and oxygen atoms in total. The Kier molecular flexibility index (Phi) is 6.46. The Morgan fingerprint density at radius 3 is 2.24 bits per heavy atom. The number of allylic oxidation sites excluding steroid dienone is 1. The van der Waals surface area contributed by atoms with Crippen LogP contribution in [0.4, 0.5) is 0 Å². The number of thiazole rings is 1. The van der Waals surface area contributed by atoms with Crippen molar-refractivity contribution in [3.8, 4) is 11.5 Å². The molecule has 1 aliphatic rings. The van der Waals surface area contributed by atoms with E-state index >= 15 is 0 Å². The van der Waals surface area contributed by atoms with Crippen LogP contribution in [0.5, 0.6) is 11.5 Å². The fraction of sp³-hybridized carbons (Fsp3) is 0.240. The van der Waals surface area contributed by atoms with E-state index < -0.39 is 12.0 Å². The Labute approximate surface area is 194 Å². The van der Waals surface area contributed by atoms with E-state index in [4.69, 9.17) is 14.2 Å². The van der Waals surface area contributed by atoms with Crippen molar-refractivity contribution in [3.05, 3.63) is 90.6 Å². The van der Waals surface area contributed by atoms with Gasteiger partial charge in [-0.25, -0.2) is 9.79 Å². The molecule has 2 aromatic carbocycles. The summed E-state index contributed by atoms with van der Waals surface area (Å²) in [7, 11) is 3.20. The third-order valence-electron chi connectivity index (χ3n) is 5.36. The molecule has 1 aromatic heterocycles. The standard InChI is InChI=1S/C25H24N2O5S/c1-5-32-24(29)21-15(2)26-25-27(22(21)17-8-12-19(31-4)13-9-17)23(28)20(33-25)14-16-6-10-18(30-3)11-7-16/h6-14,22H,5H2,1-4H3/b20-14-/t22-/m0/s1. The fourth-order valence-corrected chi connectivity index (χ4v) is 4.79. The van der Waals surface area contributed by atoms with E-state index in [1.165, 1.54) is 11.3 Å². The molecule has 0 fully saturated rings. The van der Waals surface area contributed by atoms with Gasteiger partial charge in [-0.2, -0.15) is 0 Å². The number of fused-ring (bicyclic) bond motifs is 1. The largest absolute Gasteiger partial charge is 0.497 e. The Balaban J connectivity index is 1.90. The maximum Gasteiger partial charge on any atom is 0.338 e. The summed E-state index contributed by atoms with van der Waals surface area (Å²) < 4.78 is 17.9. The second-order valence-electron chi connectivity index (χ2n) is 7.35. The number of carbonyl (C=O) groups is 1. The summed E-state index contributed by atoms with van der Waals surface area (Å²) in [5.74, 6) is 0.941. The molecule has 0 spiro atoms. The number of esters is 1. The number of aromatic nitrogens is 1. The van der Waals surface area contributed by atoms with Crippen molar-refractivity contribution >= 4 is 23.4 Å². The van der Waals surface area contributed by atoms with Crippen molar-refractivity contribution in [1.82, 2.24) is 4.57 Å². The summed E-state index contributed by atoms with van der Waals surface area (Å²) in [6, 6.07) is 14.1. The van der Waals surface area contributed by atoms with Crippen LogP contribution in [0.1, 0.15) is 31.0 Å². The third kappa shape index (κ3) is 4.34. The predicted molar refractivity (Wildman–Crippen MR) is 126 cm³/mol. The van der Waals surface area contributed by atoms with E-state index in [9.17, 15) is 9.59 Å². The zero-order valence-corrected chi connectivity index (χ0v) is 19.6. The van der Waals surface area contributed by atoms with Gasteiger partial charge >= 0.3 is 5.97 Å². The minimum Gasteiger partial charge on any atom is -0.497 e. The lowest BCUT2D eigenvalue weighted by molar-refractivity contribution is -0.139. The summed E-state index contributed by atoms with van der Waals surface area (Å²) in [5, 5.41) is 0. The fourth-order valence-electron chi connectivity index (χ4n) is 3.74. The lowest BCUT2D eigenvalue weighted by Gasteiger charge is -2.24. The average Bonchev–Trinajstić information content (AvgIpc) is 3.13. The van der Waals surface area contributed by atoms with E-state index in [1.54, 1.807) is 44.8 Å². The number of benzene rings is 2. The van der Waals surface area contributed by atoms with Crippen LogP contribution in [0.15, 0.2) is 69.6 Å². The molecule has 0 saturated heterocycles. The van der Waals surface area contributed by atoms with Crippen LogP contribution in [0.2, 0.25) is 0 Å². The van der Waals surface area contributed by atoms with Gasteiger partial charge in [0.05, 0.1) is 42.7 Å². The van der Waals surface area contributed by atoms with Crippen LogP contribution >= 0.6 is 11.3 Å². The minimum absolute atomic E-state index is 0.218. The van der Waals surface area contributed by atoms with E-state index in [0.717, 1.165) is 16.9 Å². The number of ether oxygens (including phenoxy) is 3. The molecule has 0 bridgehead atoms. The number of nitrogens with zero attached hydrogens (tertiary/aromatic N) is 2. The number of hydrogen-bond donors (Lipinski definition) is 0. The van der Waals surface area contributed by atoms with Crippen LogP contribution in [0.3, 0.4) is 0 Å². The quantitative estimate of drug-likeness (QED) is 0.524. The van der Waals surface area contributed by atoms with Gasteiger partial charge in [-0.3, -0.25) is 9.36 Å². The minimum atomic E-state index is -0.649. The molecule has 0 amide bonds. The third-order valence-corrected chi connectivity index (χ3v) is 6.35.